The molecule has 1 aromatic heterocycles. The van der Waals surface area contributed by atoms with Crippen molar-refractivity contribution < 1.29 is 23.8 Å². The van der Waals surface area contributed by atoms with Gasteiger partial charge in [-0.2, -0.15) is 0 Å². The number of aliphatic hydroxyl groups is 1. The zero-order valence-electron chi connectivity index (χ0n) is 22.2. The average Bonchev–Trinajstić information content (AvgIpc) is 3.54. The second-order valence-corrected chi connectivity index (χ2v) is 9.94. The summed E-state index contributed by atoms with van der Waals surface area (Å²) in [4.78, 5) is 23.7. The van der Waals surface area contributed by atoms with E-state index in [1.807, 2.05) is 24.3 Å². The molecule has 1 N–H and O–H groups in total. The van der Waals surface area contributed by atoms with E-state index < -0.39 is 17.9 Å². The van der Waals surface area contributed by atoms with Crippen molar-refractivity contribution in [2.75, 3.05) is 25.2 Å². The van der Waals surface area contributed by atoms with E-state index in [1.165, 1.54) is 19.2 Å². The number of ether oxygens (including phenoxy) is 1. The summed E-state index contributed by atoms with van der Waals surface area (Å²) in [7, 11) is 1.23. The number of aromatic nitrogens is 1. The summed E-state index contributed by atoms with van der Waals surface area (Å²) in [6.45, 7) is 6.12. The molecule has 2 aromatic carbocycles. The Hall–Kier alpha value is -3.71. The molecule has 1 fully saturated rings. The van der Waals surface area contributed by atoms with Crippen molar-refractivity contribution in [1.29, 1.82) is 0 Å². The highest BCUT2D eigenvalue weighted by Gasteiger charge is 2.29. The lowest BCUT2D eigenvalue weighted by Gasteiger charge is -2.27. The van der Waals surface area contributed by atoms with E-state index >= 15 is 0 Å². The molecule has 1 unspecified atom stereocenters. The molecular weight excluding hydrogens is 483 g/mol. The van der Waals surface area contributed by atoms with E-state index in [9.17, 15) is 19.1 Å². The number of hydrogen-bond acceptors (Lipinski definition) is 5. The SMILES string of the molecule is COC(=O)CC(=O)CC(O)C=Cc1c(-c2ccc(F)cc2)c(-c2ccccc2)n(N2CCCC2)c1C(C)C. The minimum absolute atomic E-state index is 0.130. The Balaban J connectivity index is 1.90. The molecule has 3 aromatic rings. The number of hydrogen-bond donors (Lipinski definition) is 1. The number of benzene rings is 2. The topological polar surface area (TPSA) is 71.8 Å². The van der Waals surface area contributed by atoms with Crippen molar-refractivity contribution in [1.82, 2.24) is 4.68 Å². The fraction of sp³-hybridized carbons (Fsp3) is 0.355. The molecule has 0 aliphatic carbocycles. The summed E-state index contributed by atoms with van der Waals surface area (Å²) in [5.41, 5.74) is 5.84. The van der Waals surface area contributed by atoms with Gasteiger partial charge < -0.3 is 14.9 Å². The molecule has 0 bridgehead atoms. The largest absolute Gasteiger partial charge is 0.469 e. The maximum atomic E-state index is 14.0. The van der Waals surface area contributed by atoms with Gasteiger partial charge >= 0.3 is 5.97 Å². The van der Waals surface area contributed by atoms with Gasteiger partial charge in [-0.05, 0) is 36.5 Å². The molecule has 4 rings (SSSR count). The third kappa shape index (κ3) is 6.05. The van der Waals surface area contributed by atoms with E-state index in [2.05, 4.69) is 40.4 Å². The number of Topliss-reactive ketones (excluding diaryl/α,β-unsaturated/α-hetero) is 1. The van der Waals surface area contributed by atoms with E-state index in [0.717, 1.165) is 59.6 Å². The lowest BCUT2D eigenvalue weighted by atomic mass is 9.94. The van der Waals surface area contributed by atoms with Crippen LogP contribution in [0.4, 0.5) is 4.39 Å². The van der Waals surface area contributed by atoms with E-state index in [0.29, 0.717) is 0 Å². The van der Waals surface area contributed by atoms with Gasteiger partial charge in [0.25, 0.3) is 0 Å². The third-order valence-electron chi connectivity index (χ3n) is 6.81. The predicted molar refractivity (Wildman–Crippen MR) is 148 cm³/mol. The van der Waals surface area contributed by atoms with Gasteiger partial charge in [0.1, 0.15) is 18.0 Å². The summed E-state index contributed by atoms with van der Waals surface area (Å²) >= 11 is 0. The van der Waals surface area contributed by atoms with Crippen LogP contribution < -0.4 is 5.01 Å². The Morgan fingerprint density at radius 1 is 1.03 bits per heavy atom. The van der Waals surface area contributed by atoms with Crippen molar-refractivity contribution in [2.45, 2.75) is 51.6 Å². The third-order valence-corrected chi connectivity index (χ3v) is 6.81. The van der Waals surface area contributed by atoms with Crippen LogP contribution in [0.5, 0.6) is 0 Å². The number of nitrogens with zero attached hydrogens (tertiary/aromatic N) is 2. The molecular formula is C31H35FN2O4. The van der Waals surface area contributed by atoms with Crippen LogP contribution in [-0.4, -0.2) is 47.8 Å². The molecule has 0 spiro atoms. The number of esters is 1. The highest BCUT2D eigenvalue weighted by molar-refractivity contribution is 5.96. The molecule has 6 nitrogen and oxygen atoms in total. The van der Waals surface area contributed by atoms with Crippen molar-refractivity contribution in [3.8, 4) is 22.4 Å². The number of rotatable bonds is 10. The van der Waals surface area contributed by atoms with Gasteiger partial charge in [0.2, 0.25) is 0 Å². The van der Waals surface area contributed by atoms with Crippen LogP contribution in [0.3, 0.4) is 0 Å². The Kier molecular flexibility index (Phi) is 8.79. The van der Waals surface area contributed by atoms with Gasteiger partial charge in [-0.25, -0.2) is 4.39 Å². The number of carbonyl (C=O) groups is 2. The number of ketones is 1. The zero-order valence-corrected chi connectivity index (χ0v) is 22.2. The van der Waals surface area contributed by atoms with Crippen LogP contribution in [0, 0.1) is 5.82 Å². The number of carbonyl (C=O) groups excluding carboxylic acids is 2. The molecule has 1 aliphatic heterocycles. The standard InChI is InChI=1S/C31H35FN2O4/c1-21(2)30-27(16-15-25(35)19-26(36)20-28(37)38-3)29(22-11-13-24(32)14-12-22)31(23-9-5-4-6-10-23)34(30)33-17-7-8-18-33/h4-6,9-16,21,25,35H,7-8,17-20H2,1-3H3. The minimum Gasteiger partial charge on any atom is -0.469 e. The Morgan fingerprint density at radius 2 is 1.68 bits per heavy atom. The van der Waals surface area contributed by atoms with Crippen LogP contribution in [0.15, 0.2) is 60.7 Å². The molecule has 0 saturated carbocycles. The second-order valence-electron chi connectivity index (χ2n) is 9.94. The smallest absolute Gasteiger partial charge is 0.313 e. The van der Waals surface area contributed by atoms with Gasteiger partial charge in [-0.15, -0.1) is 0 Å². The molecule has 2 heterocycles. The molecule has 1 aliphatic rings. The number of aliphatic hydroxyl groups excluding tert-OH is 1. The van der Waals surface area contributed by atoms with Crippen LogP contribution in [-0.2, 0) is 14.3 Å². The first-order chi connectivity index (χ1) is 18.3. The van der Waals surface area contributed by atoms with Crippen molar-refractivity contribution in [2.24, 2.45) is 0 Å². The summed E-state index contributed by atoms with van der Waals surface area (Å²) in [6.07, 6.45) is 4.04. The fourth-order valence-electron chi connectivity index (χ4n) is 5.10. The molecule has 1 saturated heterocycles. The minimum atomic E-state index is -1.07. The highest BCUT2D eigenvalue weighted by atomic mass is 19.1. The van der Waals surface area contributed by atoms with Crippen LogP contribution >= 0.6 is 0 Å². The van der Waals surface area contributed by atoms with E-state index in [4.69, 9.17) is 0 Å². The maximum absolute atomic E-state index is 14.0. The van der Waals surface area contributed by atoms with Crippen molar-refractivity contribution in [3.05, 3.63) is 77.7 Å². The van der Waals surface area contributed by atoms with Crippen molar-refractivity contribution in [3.63, 3.8) is 0 Å². The lowest BCUT2D eigenvalue weighted by molar-refractivity contribution is -0.143. The van der Waals surface area contributed by atoms with Crippen LogP contribution in [0.25, 0.3) is 28.5 Å². The van der Waals surface area contributed by atoms with Crippen LogP contribution in [0.2, 0.25) is 0 Å². The quantitative estimate of drug-likeness (QED) is 0.275. The summed E-state index contributed by atoms with van der Waals surface area (Å²) in [5, 5.41) is 13.0. The highest BCUT2D eigenvalue weighted by Crippen LogP contribution is 2.43. The zero-order chi connectivity index (χ0) is 27.2. The maximum Gasteiger partial charge on any atom is 0.313 e. The lowest BCUT2D eigenvalue weighted by Crippen LogP contribution is -2.33. The summed E-state index contributed by atoms with van der Waals surface area (Å²) in [5.74, 6) is -1.20. The summed E-state index contributed by atoms with van der Waals surface area (Å²) in [6, 6.07) is 16.6. The van der Waals surface area contributed by atoms with Gasteiger partial charge in [0, 0.05) is 36.2 Å². The number of methoxy groups -OCH3 is 1. The number of halogens is 1. The van der Waals surface area contributed by atoms with Gasteiger partial charge in [0.05, 0.1) is 24.6 Å². The Bertz CT molecular complexity index is 1290. The van der Waals surface area contributed by atoms with E-state index in [-0.39, 0.29) is 24.6 Å². The first kappa shape index (κ1) is 27.3. The fourth-order valence-corrected chi connectivity index (χ4v) is 5.10. The van der Waals surface area contributed by atoms with Gasteiger partial charge in [-0.3, -0.25) is 14.3 Å². The Morgan fingerprint density at radius 3 is 2.29 bits per heavy atom. The normalized spacial score (nSPS) is 14.4. The Labute approximate surface area is 223 Å². The van der Waals surface area contributed by atoms with Crippen molar-refractivity contribution >= 4 is 17.8 Å². The van der Waals surface area contributed by atoms with Gasteiger partial charge in [0.15, 0.2) is 0 Å². The molecule has 7 heteroatoms. The molecule has 38 heavy (non-hydrogen) atoms. The van der Waals surface area contributed by atoms with E-state index in [1.54, 1.807) is 18.2 Å². The summed E-state index contributed by atoms with van der Waals surface area (Å²) < 4.78 is 20.8. The second kappa shape index (κ2) is 12.2. The average molecular weight is 519 g/mol. The molecule has 0 radical (unpaired) electrons. The molecule has 1 atom stereocenters. The monoisotopic (exact) mass is 518 g/mol. The van der Waals surface area contributed by atoms with Gasteiger partial charge in [-0.1, -0.05) is 68.5 Å². The first-order valence-corrected chi connectivity index (χ1v) is 13.1. The van der Waals surface area contributed by atoms with Crippen LogP contribution in [0.1, 0.15) is 56.7 Å². The molecule has 0 amide bonds. The first-order valence-electron chi connectivity index (χ1n) is 13.1. The molecule has 200 valence electrons. The predicted octanol–water partition coefficient (Wildman–Crippen LogP) is 5.71.